The van der Waals surface area contributed by atoms with Crippen LogP contribution < -0.4 is 0 Å². The first-order valence-electron chi connectivity index (χ1n) is 5.55. The SMILES string of the molecule is Cc1cccc(C)c1CC(O)c1cc(Cl)cs1. The van der Waals surface area contributed by atoms with Crippen molar-refractivity contribution in [3.63, 3.8) is 0 Å². The maximum absolute atomic E-state index is 10.2. The van der Waals surface area contributed by atoms with Gasteiger partial charge in [-0.3, -0.25) is 0 Å². The van der Waals surface area contributed by atoms with E-state index in [0.29, 0.717) is 11.4 Å². The summed E-state index contributed by atoms with van der Waals surface area (Å²) in [6, 6.07) is 8.04. The number of rotatable bonds is 3. The van der Waals surface area contributed by atoms with Crippen LogP contribution in [-0.2, 0) is 6.42 Å². The van der Waals surface area contributed by atoms with Crippen molar-refractivity contribution in [3.05, 3.63) is 56.2 Å². The second-order valence-corrected chi connectivity index (χ2v) is 5.64. The van der Waals surface area contributed by atoms with Gasteiger partial charge in [0.15, 0.2) is 0 Å². The number of aryl methyl sites for hydroxylation is 2. The smallest absolute Gasteiger partial charge is 0.0922 e. The van der Waals surface area contributed by atoms with Crippen LogP contribution in [-0.4, -0.2) is 5.11 Å². The first-order valence-corrected chi connectivity index (χ1v) is 6.81. The van der Waals surface area contributed by atoms with E-state index in [4.69, 9.17) is 11.6 Å². The van der Waals surface area contributed by atoms with Crippen molar-refractivity contribution >= 4 is 22.9 Å². The number of aliphatic hydroxyl groups is 1. The van der Waals surface area contributed by atoms with Gasteiger partial charge in [-0.1, -0.05) is 29.8 Å². The Morgan fingerprint density at radius 1 is 1.29 bits per heavy atom. The number of halogens is 1. The van der Waals surface area contributed by atoms with E-state index in [2.05, 4.69) is 26.0 Å². The Balaban J connectivity index is 2.21. The summed E-state index contributed by atoms with van der Waals surface area (Å²) < 4.78 is 0. The zero-order valence-electron chi connectivity index (χ0n) is 9.90. The number of aliphatic hydroxyl groups excluding tert-OH is 1. The lowest BCUT2D eigenvalue weighted by molar-refractivity contribution is 0.182. The van der Waals surface area contributed by atoms with E-state index in [-0.39, 0.29) is 0 Å². The van der Waals surface area contributed by atoms with Gasteiger partial charge in [0.25, 0.3) is 0 Å². The Bertz CT molecular complexity index is 498. The molecule has 0 amide bonds. The summed E-state index contributed by atoms with van der Waals surface area (Å²) in [6.07, 6.45) is 0.183. The molecule has 17 heavy (non-hydrogen) atoms. The fraction of sp³-hybridized carbons (Fsp3) is 0.286. The third-order valence-electron chi connectivity index (χ3n) is 2.96. The summed E-state index contributed by atoms with van der Waals surface area (Å²) in [5.41, 5.74) is 3.68. The van der Waals surface area contributed by atoms with Gasteiger partial charge >= 0.3 is 0 Å². The third kappa shape index (κ3) is 2.89. The maximum Gasteiger partial charge on any atom is 0.0922 e. The Hall–Kier alpha value is -0.830. The predicted molar refractivity (Wildman–Crippen MR) is 73.9 cm³/mol. The second kappa shape index (κ2) is 5.21. The van der Waals surface area contributed by atoms with Crippen LogP contribution in [0.4, 0.5) is 0 Å². The van der Waals surface area contributed by atoms with Crippen LogP contribution in [0.2, 0.25) is 5.02 Å². The van der Waals surface area contributed by atoms with Crippen LogP contribution in [0.15, 0.2) is 29.6 Å². The highest BCUT2D eigenvalue weighted by molar-refractivity contribution is 7.10. The molecule has 1 heterocycles. The summed E-state index contributed by atoms with van der Waals surface area (Å²) in [6.45, 7) is 4.16. The highest BCUT2D eigenvalue weighted by Crippen LogP contribution is 2.29. The van der Waals surface area contributed by atoms with Gasteiger partial charge in [0.05, 0.1) is 11.1 Å². The van der Waals surface area contributed by atoms with Crippen molar-refractivity contribution in [2.75, 3.05) is 0 Å². The number of benzene rings is 1. The highest BCUT2D eigenvalue weighted by Gasteiger charge is 2.13. The molecule has 0 bridgehead atoms. The molecule has 1 nitrogen and oxygen atoms in total. The maximum atomic E-state index is 10.2. The zero-order chi connectivity index (χ0) is 12.4. The summed E-state index contributed by atoms with van der Waals surface area (Å²) in [4.78, 5) is 0.928. The normalized spacial score (nSPS) is 12.7. The summed E-state index contributed by atoms with van der Waals surface area (Å²) in [5.74, 6) is 0. The van der Waals surface area contributed by atoms with Gasteiger partial charge < -0.3 is 5.11 Å². The summed E-state index contributed by atoms with van der Waals surface area (Å²) in [5, 5.41) is 12.7. The topological polar surface area (TPSA) is 20.2 Å². The minimum Gasteiger partial charge on any atom is -0.387 e. The van der Waals surface area contributed by atoms with Crippen molar-refractivity contribution < 1.29 is 5.11 Å². The molecule has 0 aliphatic carbocycles. The lowest BCUT2D eigenvalue weighted by Crippen LogP contribution is -2.03. The van der Waals surface area contributed by atoms with Crippen LogP contribution >= 0.6 is 22.9 Å². The Morgan fingerprint density at radius 3 is 2.47 bits per heavy atom. The fourth-order valence-electron chi connectivity index (χ4n) is 1.97. The Kier molecular flexibility index (Phi) is 3.87. The van der Waals surface area contributed by atoms with Gasteiger partial charge in [-0.25, -0.2) is 0 Å². The molecule has 1 aromatic carbocycles. The van der Waals surface area contributed by atoms with Crippen molar-refractivity contribution in [3.8, 4) is 0 Å². The van der Waals surface area contributed by atoms with Crippen molar-refractivity contribution in [1.82, 2.24) is 0 Å². The van der Waals surface area contributed by atoms with Crippen LogP contribution in [0.1, 0.15) is 27.7 Å². The van der Waals surface area contributed by atoms with Gasteiger partial charge in [0, 0.05) is 16.7 Å². The molecule has 0 saturated heterocycles. The molecule has 0 aliphatic heterocycles. The lowest BCUT2D eigenvalue weighted by atomic mass is 9.97. The zero-order valence-corrected chi connectivity index (χ0v) is 11.5. The molecule has 0 radical (unpaired) electrons. The molecule has 0 saturated carbocycles. The minimum absolute atomic E-state index is 0.465. The fourth-order valence-corrected chi connectivity index (χ4v) is 3.04. The molecule has 3 heteroatoms. The number of thiophene rings is 1. The van der Waals surface area contributed by atoms with Gasteiger partial charge in [-0.15, -0.1) is 11.3 Å². The highest BCUT2D eigenvalue weighted by atomic mass is 35.5. The molecule has 1 aromatic heterocycles. The van der Waals surface area contributed by atoms with Gasteiger partial charge in [0.2, 0.25) is 0 Å². The van der Waals surface area contributed by atoms with Gasteiger partial charge in [0.1, 0.15) is 0 Å². The average Bonchev–Trinajstić information content (AvgIpc) is 2.70. The Morgan fingerprint density at radius 2 is 1.94 bits per heavy atom. The van der Waals surface area contributed by atoms with Crippen LogP contribution in [0.25, 0.3) is 0 Å². The number of hydrogen-bond acceptors (Lipinski definition) is 2. The van der Waals surface area contributed by atoms with E-state index in [0.717, 1.165) is 4.88 Å². The van der Waals surface area contributed by atoms with Crippen molar-refractivity contribution in [2.24, 2.45) is 0 Å². The van der Waals surface area contributed by atoms with E-state index < -0.39 is 6.10 Å². The van der Waals surface area contributed by atoms with Crippen LogP contribution in [0.3, 0.4) is 0 Å². The first kappa shape index (κ1) is 12.6. The standard InChI is InChI=1S/C14H15ClOS/c1-9-4-3-5-10(2)12(9)7-13(16)14-6-11(15)8-17-14/h3-6,8,13,16H,7H2,1-2H3. The van der Waals surface area contributed by atoms with E-state index in [1.807, 2.05) is 17.5 Å². The first-order chi connectivity index (χ1) is 8.08. The molecular formula is C14H15ClOS. The molecule has 90 valence electrons. The van der Waals surface area contributed by atoms with E-state index >= 15 is 0 Å². The summed E-state index contributed by atoms with van der Waals surface area (Å²) in [7, 11) is 0. The molecule has 1 unspecified atom stereocenters. The van der Waals surface area contributed by atoms with E-state index in [1.165, 1.54) is 28.0 Å². The molecular weight excluding hydrogens is 252 g/mol. The molecule has 0 spiro atoms. The van der Waals surface area contributed by atoms with E-state index in [9.17, 15) is 5.11 Å². The summed E-state index contributed by atoms with van der Waals surface area (Å²) >= 11 is 7.38. The molecule has 1 N–H and O–H groups in total. The quantitative estimate of drug-likeness (QED) is 0.878. The molecule has 2 aromatic rings. The minimum atomic E-state index is -0.465. The van der Waals surface area contributed by atoms with Gasteiger partial charge in [-0.2, -0.15) is 0 Å². The second-order valence-electron chi connectivity index (χ2n) is 4.26. The molecule has 2 rings (SSSR count). The van der Waals surface area contributed by atoms with Gasteiger partial charge in [-0.05, 0) is 36.6 Å². The Labute approximate surface area is 111 Å². The third-order valence-corrected chi connectivity index (χ3v) is 4.34. The molecule has 0 fully saturated rings. The monoisotopic (exact) mass is 266 g/mol. The van der Waals surface area contributed by atoms with Crippen molar-refractivity contribution in [1.29, 1.82) is 0 Å². The average molecular weight is 267 g/mol. The van der Waals surface area contributed by atoms with Crippen LogP contribution in [0.5, 0.6) is 0 Å². The molecule has 0 aliphatic rings. The van der Waals surface area contributed by atoms with Crippen molar-refractivity contribution in [2.45, 2.75) is 26.4 Å². The lowest BCUT2D eigenvalue weighted by Gasteiger charge is -2.13. The number of hydrogen-bond donors (Lipinski definition) is 1. The van der Waals surface area contributed by atoms with E-state index in [1.54, 1.807) is 0 Å². The largest absolute Gasteiger partial charge is 0.387 e. The van der Waals surface area contributed by atoms with Crippen LogP contribution in [0, 0.1) is 13.8 Å². The molecule has 1 atom stereocenters. The predicted octanol–water partition coefficient (Wildman–Crippen LogP) is 4.29.